The molecule has 0 aliphatic heterocycles. The van der Waals surface area contributed by atoms with E-state index in [1.54, 1.807) is 12.1 Å². The molecule has 0 aromatic heterocycles. The molecule has 3 N–H and O–H groups in total. The SMILES string of the molecule is Cc1cc(OCC(O)CN[C@H](CO)C(C)C)ccc1Cl. The number of aryl methyl sites for hydroxylation is 1. The lowest BCUT2D eigenvalue weighted by Crippen LogP contribution is -2.42. The number of nitrogens with one attached hydrogen (secondary N) is 1. The molecule has 1 aromatic carbocycles. The van der Waals surface area contributed by atoms with E-state index in [1.165, 1.54) is 0 Å². The number of hydrogen-bond acceptors (Lipinski definition) is 4. The number of aliphatic hydroxyl groups is 2. The summed E-state index contributed by atoms with van der Waals surface area (Å²) in [5, 5.41) is 22.9. The Morgan fingerprint density at radius 1 is 1.35 bits per heavy atom. The van der Waals surface area contributed by atoms with Gasteiger partial charge in [-0.1, -0.05) is 25.4 Å². The fraction of sp³-hybridized carbons (Fsp3) is 0.600. The highest BCUT2D eigenvalue weighted by atomic mass is 35.5. The van der Waals surface area contributed by atoms with Crippen LogP contribution in [0.15, 0.2) is 18.2 Å². The number of benzene rings is 1. The van der Waals surface area contributed by atoms with Crippen LogP contribution in [0.3, 0.4) is 0 Å². The van der Waals surface area contributed by atoms with Gasteiger partial charge in [0.2, 0.25) is 0 Å². The molecule has 2 atom stereocenters. The summed E-state index contributed by atoms with van der Waals surface area (Å²) in [6, 6.07) is 5.38. The monoisotopic (exact) mass is 301 g/mol. The van der Waals surface area contributed by atoms with Crippen LogP contribution in [0, 0.1) is 12.8 Å². The van der Waals surface area contributed by atoms with Crippen LogP contribution in [0.5, 0.6) is 5.75 Å². The topological polar surface area (TPSA) is 61.7 Å². The van der Waals surface area contributed by atoms with E-state index in [0.29, 0.717) is 23.2 Å². The average Bonchev–Trinajstić information content (AvgIpc) is 2.40. The summed E-state index contributed by atoms with van der Waals surface area (Å²) in [6.45, 7) is 6.59. The average molecular weight is 302 g/mol. The highest BCUT2D eigenvalue weighted by molar-refractivity contribution is 6.31. The Balaban J connectivity index is 2.35. The number of aliphatic hydroxyl groups excluding tert-OH is 2. The van der Waals surface area contributed by atoms with Gasteiger partial charge in [0, 0.05) is 17.6 Å². The van der Waals surface area contributed by atoms with Crippen LogP contribution in [0.2, 0.25) is 5.02 Å². The maximum Gasteiger partial charge on any atom is 0.119 e. The van der Waals surface area contributed by atoms with Crippen molar-refractivity contribution in [2.75, 3.05) is 19.8 Å². The molecule has 0 saturated heterocycles. The molecule has 0 amide bonds. The number of ether oxygens (including phenoxy) is 1. The minimum Gasteiger partial charge on any atom is -0.491 e. The Kier molecular flexibility index (Phi) is 7.30. The van der Waals surface area contributed by atoms with Gasteiger partial charge in [0.15, 0.2) is 0 Å². The second kappa shape index (κ2) is 8.47. The molecule has 0 saturated carbocycles. The molecule has 0 spiro atoms. The van der Waals surface area contributed by atoms with Crippen LogP contribution in [-0.2, 0) is 0 Å². The fourth-order valence-electron chi connectivity index (χ4n) is 1.76. The lowest BCUT2D eigenvalue weighted by molar-refractivity contribution is 0.0961. The minimum absolute atomic E-state index is 0.0116. The molecule has 0 radical (unpaired) electrons. The maximum absolute atomic E-state index is 9.87. The van der Waals surface area contributed by atoms with Crippen molar-refractivity contribution in [2.45, 2.75) is 32.9 Å². The summed E-state index contributed by atoms with van der Waals surface area (Å²) in [4.78, 5) is 0. The Morgan fingerprint density at radius 3 is 2.60 bits per heavy atom. The smallest absolute Gasteiger partial charge is 0.119 e. The molecule has 5 heteroatoms. The lowest BCUT2D eigenvalue weighted by Gasteiger charge is -2.22. The molecule has 20 heavy (non-hydrogen) atoms. The van der Waals surface area contributed by atoms with E-state index in [1.807, 2.05) is 26.8 Å². The van der Waals surface area contributed by atoms with Crippen molar-refractivity contribution >= 4 is 11.6 Å². The molecule has 0 fully saturated rings. The second-order valence-electron chi connectivity index (χ2n) is 5.32. The predicted octanol–water partition coefficient (Wildman–Crippen LogP) is 1.99. The summed E-state index contributed by atoms with van der Waals surface area (Å²) in [6.07, 6.45) is -0.626. The van der Waals surface area contributed by atoms with E-state index >= 15 is 0 Å². The molecule has 1 unspecified atom stereocenters. The second-order valence-corrected chi connectivity index (χ2v) is 5.72. The third-order valence-electron chi connectivity index (χ3n) is 3.19. The first-order chi connectivity index (χ1) is 9.43. The quantitative estimate of drug-likeness (QED) is 0.687. The molecular formula is C15H24ClNO3. The zero-order valence-corrected chi connectivity index (χ0v) is 13.0. The Morgan fingerprint density at radius 2 is 2.05 bits per heavy atom. The first-order valence-corrected chi connectivity index (χ1v) is 7.23. The summed E-state index contributed by atoms with van der Waals surface area (Å²) in [7, 11) is 0. The molecule has 1 aromatic rings. The van der Waals surface area contributed by atoms with Gasteiger partial charge in [0.25, 0.3) is 0 Å². The number of halogens is 1. The van der Waals surface area contributed by atoms with Crippen molar-refractivity contribution in [2.24, 2.45) is 5.92 Å². The van der Waals surface area contributed by atoms with E-state index < -0.39 is 6.10 Å². The van der Waals surface area contributed by atoms with Gasteiger partial charge < -0.3 is 20.3 Å². The predicted molar refractivity (Wildman–Crippen MR) is 81.4 cm³/mol. The van der Waals surface area contributed by atoms with E-state index in [-0.39, 0.29) is 19.3 Å². The van der Waals surface area contributed by atoms with Gasteiger partial charge in [-0.2, -0.15) is 0 Å². The van der Waals surface area contributed by atoms with Crippen LogP contribution in [0.4, 0.5) is 0 Å². The van der Waals surface area contributed by atoms with Gasteiger partial charge in [-0.15, -0.1) is 0 Å². The van der Waals surface area contributed by atoms with Crippen molar-refractivity contribution in [1.82, 2.24) is 5.32 Å². The van der Waals surface area contributed by atoms with Crippen molar-refractivity contribution in [3.63, 3.8) is 0 Å². The summed E-state index contributed by atoms with van der Waals surface area (Å²) in [5.74, 6) is 1.00. The normalized spacial score (nSPS) is 14.3. The van der Waals surface area contributed by atoms with Gasteiger partial charge >= 0.3 is 0 Å². The molecular weight excluding hydrogens is 278 g/mol. The highest BCUT2D eigenvalue weighted by Gasteiger charge is 2.14. The minimum atomic E-state index is -0.626. The van der Waals surface area contributed by atoms with E-state index in [2.05, 4.69) is 5.32 Å². The van der Waals surface area contributed by atoms with Gasteiger partial charge in [0.1, 0.15) is 18.5 Å². The summed E-state index contributed by atoms with van der Waals surface area (Å²) < 4.78 is 5.52. The Labute approximate surface area is 125 Å². The van der Waals surface area contributed by atoms with E-state index in [9.17, 15) is 10.2 Å². The van der Waals surface area contributed by atoms with Crippen molar-refractivity contribution < 1.29 is 14.9 Å². The van der Waals surface area contributed by atoms with Crippen molar-refractivity contribution in [3.8, 4) is 5.75 Å². The third kappa shape index (κ3) is 5.67. The summed E-state index contributed by atoms with van der Waals surface area (Å²) in [5.41, 5.74) is 0.942. The molecule has 0 bridgehead atoms. The molecule has 1 rings (SSSR count). The zero-order chi connectivity index (χ0) is 15.1. The standard InChI is InChI=1S/C15H24ClNO3/c1-10(2)15(8-18)17-7-12(19)9-20-13-4-5-14(16)11(3)6-13/h4-6,10,12,15,17-19H,7-9H2,1-3H3/t12?,15-/m1/s1. The van der Waals surface area contributed by atoms with Crippen LogP contribution >= 0.6 is 11.6 Å². The molecule has 114 valence electrons. The molecule has 0 aliphatic rings. The van der Waals surface area contributed by atoms with Crippen molar-refractivity contribution in [1.29, 1.82) is 0 Å². The maximum atomic E-state index is 9.87. The first kappa shape index (κ1) is 17.2. The van der Waals surface area contributed by atoms with Crippen molar-refractivity contribution in [3.05, 3.63) is 28.8 Å². The molecule has 4 nitrogen and oxygen atoms in total. The fourth-order valence-corrected chi connectivity index (χ4v) is 1.87. The summed E-state index contributed by atoms with van der Waals surface area (Å²) >= 11 is 5.93. The van der Waals surface area contributed by atoms with Crippen LogP contribution in [0.25, 0.3) is 0 Å². The number of hydrogen-bond donors (Lipinski definition) is 3. The third-order valence-corrected chi connectivity index (χ3v) is 3.61. The Hall–Kier alpha value is -0.810. The van der Waals surface area contributed by atoms with Crippen LogP contribution in [0.1, 0.15) is 19.4 Å². The van der Waals surface area contributed by atoms with Crippen LogP contribution < -0.4 is 10.1 Å². The van der Waals surface area contributed by atoms with E-state index in [4.69, 9.17) is 16.3 Å². The van der Waals surface area contributed by atoms with E-state index in [0.717, 1.165) is 5.56 Å². The molecule has 0 heterocycles. The Bertz CT molecular complexity index is 412. The largest absolute Gasteiger partial charge is 0.491 e. The zero-order valence-electron chi connectivity index (χ0n) is 12.3. The van der Waals surface area contributed by atoms with Gasteiger partial charge in [-0.3, -0.25) is 0 Å². The first-order valence-electron chi connectivity index (χ1n) is 6.85. The van der Waals surface area contributed by atoms with Crippen LogP contribution in [-0.4, -0.2) is 42.1 Å². The van der Waals surface area contributed by atoms with Gasteiger partial charge in [-0.25, -0.2) is 0 Å². The molecule has 0 aliphatic carbocycles. The van der Waals surface area contributed by atoms with Gasteiger partial charge in [-0.05, 0) is 36.6 Å². The number of rotatable bonds is 8. The van der Waals surface area contributed by atoms with Gasteiger partial charge in [0.05, 0.1) is 6.61 Å². The lowest BCUT2D eigenvalue weighted by atomic mass is 10.1. The highest BCUT2D eigenvalue weighted by Crippen LogP contribution is 2.21.